The second kappa shape index (κ2) is 6.58. The summed E-state index contributed by atoms with van der Waals surface area (Å²) in [5.41, 5.74) is 5.53. The van der Waals surface area contributed by atoms with Gasteiger partial charge in [-0.25, -0.2) is 13.6 Å². The monoisotopic (exact) mass is 256 g/mol. The van der Waals surface area contributed by atoms with Crippen molar-refractivity contribution in [2.24, 2.45) is 0 Å². The number of hydrazine groups is 1. The lowest BCUT2D eigenvalue weighted by molar-refractivity contribution is -0.136. The number of hydrogen-bond acceptors (Lipinski definition) is 4. The van der Waals surface area contributed by atoms with Crippen molar-refractivity contribution in [2.45, 2.75) is 13.3 Å². The number of hydrogen-bond donors (Lipinski definition) is 2. The average Bonchev–Trinajstić information content (AvgIpc) is 2.36. The molecule has 0 amide bonds. The number of rotatable bonds is 5. The first kappa shape index (κ1) is 14.0. The Morgan fingerprint density at radius 1 is 1.44 bits per heavy atom. The van der Waals surface area contributed by atoms with Crippen LogP contribution in [-0.4, -0.2) is 13.1 Å². The Morgan fingerprint density at radius 2 is 2.17 bits per heavy atom. The maximum absolute atomic E-state index is 13.2. The van der Waals surface area contributed by atoms with Gasteiger partial charge in [0, 0.05) is 12.3 Å². The zero-order chi connectivity index (χ0) is 13.5. The molecule has 0 aliphatic rings. The van der Waals surface area contributed by atoms with E-state index in [1.807, 2.05) is 0 Å². The Labute approximate surface area is 104 Å². The molecule has 0 unspecified atom stereocenters. The van der Waals surface area contributed by atoms with Crippen LogP contribution in [-0.2, 0) is 9.53 Å². The average molecular weight is 256 g/mol. The largest absolute Gasteiger partial charge is 0.466 e. The summed E-state index contributed by atoms with van der Waals surface area (Å²) < 4.78 is 30.4. The van der Waals surface area contributed by atoms with Crippen molar-refractivity contribution in [3.05, 3.63) is 41.6 Å². The van der Waals surface area contributed by atoms with Gasteiger partial charge in [-0.3, -0.25) is 5.43 Å². The molecule has 0 saturated heterocycles. The highest BCUT2D eigenvalue weighted by Crippen LogP contribution is 2.13. The number of benzene rings is 1. The second-order valence-corrected chi connectivity index (χ2v) is 3.41. The highest BCUT2D eigenvalue weighted by molar-refractivity contribution is 5.88. The molecule has 0 fully saturated rings. The number of ether oxygens (including phenoxy) is 1. The molecule has 2 N–H and O–H groups in total. The number of nitrogens with one attached hydrogen (secondary N) is 2. The van der Waals surface area contributed by atoms with Gasteiger partial charge in [-0.2, -0.15) is 0 Å². The standard InChI is InChI=1S/C12H14F2N2O2/c1-3-8(12(17)18-2)7-15-16-11-5-4-9(13)6-10(11)14/h4-7,15-16H,3H2,1-2H3/b8-7-. The number of anilines is 1. The fourth-order valence-electron chi connectivity index (χ4n) is 1.23. The molecule has 0 aromatic heterocycles. The Hall–Kier alpha value is -2.11. The lowest BCUT2D eigenvalue weighted by atomic mass is 10.2. The van der Waals surface area contributed by atoms with Crippen molar-refractivity contribution in [3.63, 3.8) is 0 Å². The van der Waals surface area contributed by atoms with Gasteiger partial charge >= 0.3 is 5.97 Å². The van der Waals surface area contributed by atoms with E-state index in [-0.39, 0.29) is 5.69 Å². The van der Waals surface area contributed by atoms with E-state index >= 15 is 0 Å². The third kappa shape index (κ3) is 3.73. The Bertz CT molecular complexity index is 461. The summed E-state index contributed by atoms with van der Waals surface area (Å²) in [4.78, 5) is 11.2. The van der Waals surface area contributed by atoms with E-state index in [0.29, 0.717) is 12.0 Å². The van der Waals surface area contributed by atoms with Gasteiger partial charge in [0.2, 0.25) is 0 Å². The Balaban J connectivity index is 2.65. The lowest BCUT2D eigenvalue weighted by Crippen LogP contribution is -2.18. The van der Waals surface area contributed by atoms with Crippen molar-refractivity contribution in [2.75, 3.05) is 12.5 Å². The van der Waals surface area contributed by atoms with E-state index in [0.717, 1.165) is 12.1 Å². The molecular weight excluding hydrogens is 242 g/mol. The minimum Gasteiger partial charge on any atom is -0.466 e. The highest BCUT2D eigenvalue weighted by Gasteiger charge is 2.06. The van der Waals surface area contributed by atoms with Crippen molar-refractivity contribution >= 4 is 11.7 Å². The summed E-state index contributed by atoms with van der Waals surface area (Å²) in [5.74, 6) is -1.85. The van der Waals surface area contributed by atoms with Gasteiger partial charge in [0.05, 0.1) is 18.4 Å². The van der Waals surface area contributed by atoms with Gasteiger partial charge < -0.3 is 10.2 Å². The van der Waals surface area contributed by atoms with Crippen molar-refractivity contribution in [3.8, 4) is 0 Å². The molecule has 0 radical (unpaired) electrons. The van der Waals surface area contributed by atoms with Gasteiger partial charge in [-0.15, -0.1) is 0 Å². The minimum atomic E-state index is -0.730. The van der Waals surface area contributed by atoms with Gasteiger partial charge in [-0.05, 0) is 18.6 Å². The third-order valence-corrected chi connectivity index (χ3v) is 2.21. The number of esters is 1. The first-order chi connectivity index (χ1) is 8.58. The Morgan fingerprint density at radius 3 is 2.72 bits per heavy atom. The van der Waals surface area contributed by atoms with Crippen LogP contribution in [0.5, 0.6) is 0 Å². The second-order valence-electron chi connectivity index (χ2n) is 3.41. The first-order valence-corrected chi connectivity index (χ1v) is 5.32. The fourth-order valence-corrected chi connectivity index (χ4v) is 1.23. The molecule has 0 saturated carbocycles. The van der Waals surface area contributed by atoms with Gasteiger partial charge in [0.15, 0.2) is 5.82 Å². The van der Waals surface area contributed by atoms with E-state index in [9.17, 15) is 13.6 Å². The predicted molar refractivity (Wildman–Crippen MR) is 63.5 cm³/mol. The maximum atomic E-state index is 13.2. The molecule has 0 aliphatic carbocycles. The third-order valence-electron chi connectivity index (χ3n) is 2.21. The number of carbonyl (C=O) groups is 1. The van der Waals surface area contributed by atoms with Crippen LogP contribution in [0.2, 0.25) is 0 Å². The van der Waals surface area contributed by atoms with Crippen molar-refractivity contribution in [1.29, 1.82) is 0 Å². The molecular formula is C12H14F2N2O2. The van der Waals surface area contributed by atoms with Crippen molar-refractivity contribution in [1.82, 2.24) is 5.43 Å². The van der Waals surface area contributed by atoms with E-state index in [1.165, 1.54) is 19.4 Å². The van der Waals surface area contributed by atoms with Crippen LogP contribution in [0, 0.1) is 11.6 Å². The molecule has 6 heteroatoms. The van der Waals surface area contributed by atoms with Crippen LogP contribution in [0.25, 0.3) is 0 Å². The molecule has 0 heterocycles. The Kier molecular flexibility index (Phi) is 5.10. The van der Waals surface area contributed by atoms with Gasteiger partial charge in [0.1, 0.15) is 5.82 Å². The maximum Gasteiger partial charge on any atom is 0.335 e. The lowest BCUT2D eigenvalue weighted by Gasteiger charge is -2.08. The first-order valence-electron chi connectivity index (χ1n) is 5.32. The number of halogens is 2. The smallest absolute Gasteiger partial charge is 0.335 e. The topological polar surface area (TPSA) is 50.4 Å². The molecule has 18 heavy (non-hydrogen) atoms. The van der Waals surface area contributed by atoms with Crippen LogP contribution in [0.15, 0.2) is 30.0 Å². The van der Waals surface area contributed by atoms with Crippen LogP contribution >= 0.6 is 0 Å². The fraction of sp³-hybridized carbons (Fsp3) is 0.250. The zero-order valence-electron chi connectivity index (χ0n) is 10.1. The minimum absolute atomic E-state index is 0.0768. The molecule has 0 aliphatic heterocycles. The summed E-state index contributed by atoms with van der Waals surface area (Å²) in [6.45, 7) is 1.78. The van der Waals surface area contributed by atoms with Crippen LogP contribution in [0.3, 0.4) is 0 Å². The molecule has 0 atom stereocenters. The summed E-state index contributed by atoms with van der Waals surface area (Å²) >= 11 is 0. The van der Waals surface area contributed by atoms with E-state index in [4.69, 9.17) is 0 Å². The van der Waals surface area contributed by atoms with Gasteiger partial charge in [0.25, 0.3) is 0 Å². The van der Waals surface area contributed by atoms with Crippen molar-refractivity contribution < 1.29 is 18.3 Å². The molecule has 98 valence electrons. The van der Waals surface area contributed by atoms with E-state index in [2.05, 4.69) is 15.6 Å². The van der Waals surface area contributed by atoms with E-state index < -0.39 is 17.6 Å². The summed E-state index contributed by atoms with van der Waals surface area (Å²) in [6.07, 6.45) is 1.84. The SMILES string of the molecule is CC/C(=C/NNc1ccc(F)cc1F)C(=O)OC. The molecule has 1 rings (SSSR count). The number of carbonyl (C=O) groups excluding carboxylic acids is 1. The molecule has 4 nitrogen and oxygen atoms in total. The zero-order valence-corrected chi connectivity index (χ0v) is 10.1. The van der Waals surface area contributed by atoms with Gasteiger partial charge in [-0.1, -0.05) is 6.92 Å². The quantitative estimate of drug-likeness (QED) is 0.482. The highest BCUT2D eigenvalue weighted by atomic mass is 19.1. The molecule has 0 spiro atoms. The molecule has 1 aromatic carbocycles. The molecule has 0 bridgehead atoms. The summed E-state index contributed by atoms with van der Waals surface area (Å²) in [6, 6.07) is 3.13. The van der Waals surface area contributed by atoms with Crippen LogP contribution in [0.1, 0.15) is 13.3 Å². The normalized spacial score (nSPS) is 11.0. The van der Waals surface area contributed by atoms with E-state index in [1.54, 1.807) is 6.92 Å². The van der Waals surface area contributed by atoms with Crippen LogP contribution < -0.4 is 10.9 Å². The molecule has 1 aromatic rings. The predicted octanol–water partition coefficient (Wildman–Crippen LogP) is 2.35. The number of methoxy groups -OCH3 is 1. The summed E-state index contributed by atoms with van der Waals surface area (Å²) in [7, 11) is 1.28. The summed E-state index contributed by atoms with van der Waals surface area (Å²) in [5, 5.41) is 0. The van der Waals surface area contributed by atoms with Crippen LogP contribution in [0.4, 0.5) is 14.5 Å².